The van der Waals surface area contributed by atoms with E-state index in [1.807, 2.05) is 19.1 Å². The molecule has 0 radical (unpaired) electrons. The molecule has 2 fully saturated rings. The van der Waals surface area contributed by atoms with Crippen LogP contribution in [0.1, 0.15) is 71.6 Å². The van der Waals surface area contributed by atoms with Gasteiger partial charge in [0, 0.05) is 5.56 Å². The SMILES string of the molecule is CCCCCC1CCC2C(COc3ccc(-c4ccc(OCCC)c(F)c4F)cc3)CCC12. The van der Waals surface area contributed by atoms with Gasteiger partial charge in [0.05, 0.1) is 13.2 Å². The minimum Gasteiger partial charge on any atom is -0.493 e. The fourth-order valence-corrected chi connectivity index (χ4v) is 6.07. The van der Waals surface area contributed by atoms with Gasteiger partial charge >= 0.3 is 0 Å². The van der Waals surface area contributed by atoms with Crippen LogP contribution in [0.25, 0.3) is 11.1 Å². The molecule has 4 heteroatoms. The van der Waals surface area contributed by atoms with Crippen molar-refractivity contribution < 1.29 is 18.3 Å². The molecule has 0 heterocycles. The van der Waals surface area contributed by atoms with Crippen LogP contribution in [0.2, 0.25) is 0 Å². The third-order valence-corrected chi connectivity index (χ3v) is 7.82. The van der Waals surface area contributed by atoms with Crippen molar-refractivity contribution in [2.75, 3.05) is 13.2 Å². The summed E-state index contributed by atoms with van der Waals surface area (Å²) in [5, 5.41) is 0. The third-order valence-electron chi connectivity index (χ3n) is 7.82. The van der Waals surface area contributed by atoms with E-state index >= 15 is 0 Å². The van der Waals surface area contributed by atoms with Gasteiger partial charge in [0.1, 0.15) is 5.75 Å². The average molecular weight is 457 g/mol. The monoisotopic (exact) mass is 456 g/mol. The van der Waals surface area contributed by atoms with E-state index in [0.717, 1.165) is 36.5 Å². The highest BCUT2D eigenvalue weighted by Crippen LogP contribution is 2.52. The van der Waals surface area contributed by atoms with Gasteiger partial charge in [0.15, 0.2) is 11.6 Å². The molecule has 2 saturated carbocycles. The van der Waals surface area contributed by atoms with E-state index in [1.54, 1.807) is 18.2 Å². The summed E-state index contributed by atoms with van der Waals surface area (Å²) in [6.45, 7) is 5.33. The lowest BCUT2D eigenvalue weighted by molar-refractivity contribution is 0.201. The van der Waals surface area contributed by atoms with E-state index in [1.165, 1.54) is 57.4 Å². The predicted octanol–water partition coefficient (Wildman–Crippen LogP) is 8.43. The van der Waals surface area contributed by atoms with Crippen LogP contribution in [0.3, 0.4) is 0 Å². The summed E-state index contributed by atoms with van der Waals surface area (Å²) in [6.07, 6.45) is 11.6. The maximum absolute atomic E-state index is 14.6. The van der Waals surface area contributed by atoms with Crippen molar-refractivity contribution >= 4 is 0 Å². The smallest absolute Gasteiger partial charge is 0.201 e. The summed E-state index contributed by atoms with van der Waals surface area (Å²) >= 11 is 0. The van der Waals surface area contributed by atoms with Crippen LogP contribution in [-0.2, 0) is 0 Å². The van der Waals surface area contributed by atoms with E-state index in [0.29, 0.717) is 18.1 Å². The molecule has 0 spiro atoms. The van der Waals surface area contributed by atoms with E-state index in [-0.39, 0.29) is 11.3 Å². The lowest BCUT2D eigenvalue weighted by atomic mass is 9.86. The fourth-order valence-electron chi connectivity index (χ4n) is 6.07. The molecule has 0 saturated heterocycles. The van der Waals surface area contributed by atoms with Crippen molar-refractivity contribution in [1.82, 2.24) is 0 Å². The molecule has 4 atom stereocenters. The first-order valence-electron chi connectivity index (χ1n) is 13.0. The number of ether oxygens (including phenoxy) is 2. The molecule has 180 valence electrons. The molecule has 0 bridgehead atoms. The minimum atomic E-state index is -0.929. The number of unbranched alkanes of at least 4 members (excludes halogenated alkanes) is 2. The van der Waals surface area contributed by atoms with Crippen LogP contribution >= 0.6 is 0 Å². The summed E-state index contributed by atoms with van der Waals surface area (Å²) in [5.41, 5.74) is 0.869. The topological polar surface area (TPSA) is 18.5 Å². The Morgan fingerprint density at radius 2 is 1.48 bits per heavy atom. The van der Waals surface area contributed by atoms with Gasteiger partial charge in [-0.1, -0.05) is 51.7 Å². The van der Waals surface area contributed by atoms with Gasteiger partial charge in [0.25, 0.3) is 0 Å². The highest BCUT2D eigenvalue weighted by atomic mass is 19.2. The predicted molar refractivity (Wildman–Crippen MR) is 130 cm³/mol. The van der Waals surface area contributed by atoms with Crippen LogP contribution in [-0.4, -0.2) is 13.2 Å². The van der Waals surface area contributed by atoms with Crippen LogP contribution in [0.5, 0.6) is 11.5 Å². The number of hydrogen-bond acceptors (Lipinski definition) is 2. The summed E-state index contributed by atoms with van der Waals surface area (Å²) in [5.74, 6) is 2.26. The second-order valence-electron chi connectivity index (χ2n) is 9.92. The zero-order chi connectivity index (χ0) is 23.2. The highest BCUT2D eigenvalue weighted by molar-refractivity contribution is 5.66. The summed E-state index contributed by atoms with van der Waals surface area (Å²) in [7, 11) is 0. The number of rotatable bonds is 11. The van der Waals surface area contributed by atoms with E-state index < -0.39 is 11.6 Å². The first-order valence-corrected chi connectivity index (χ1v) is 13.0. The standard InChI is InChI=1S/C29H38F2O2/c1-3-5-6-7-20-10-14-25-22(11-15-24(20)25)19-33-23-12-8-21(9-13-23)26-16-17-27(32-18-4-2)29(31)28(26)30/h8-9,12-13,16-17,20,22,24-25H,3-7,10-11,14-15,18-19H2,1-2H3. The van der Waals surface area contributed by atoms with Crippen molar-refractivity contribution in [3.63, 3.8) is 0 Å². The molecular weight excluding hydrogens is 418 g/mol. The van der Waals surface area contributed by atoms with Gasteiger partial charge in [0.2, 0.25) is 5.82 Å². The molecule has 4 unspecified atom stereocenters. The van der Waals surface area contributed by atoms with Crippen LogP contribution in [0, 0.1) is 35.3 Å². The summed E-state index contributed by atoms with van der Waals surface area (Å²) in [6, 6.07) is 10.4. The maximum atomic E-state index is 14.6. The van der Waals surface area contributed by atoms with Crippen molar-refractivity contribution in [3.8, 4) is 22.6 Å². The molecule has 2 aromatic carbocycles. The van der Waals surface area contributed by atoms with Crippen LogP contribution < -0.4 is 9.47 Å². The molecule has 2 nitrogen and oxygen atoms in total. The zero-order valence-electron chi connectivity index (χ0n) is 20.1. The molecule has 0 aromatic heterocycles. The van der Waals surface area contributed by atoms with Crippen LogP contribution in [0.15, 0.2) is 36.4 Å². The number of benzene rings is 2. The minimum absolute atomic E-state index is 0.0348. The van der Waals surface area contributed by atoms with Gasteiger partial charge < -0.3 is 9.47 Å². The molecule has 33 heavy (non-hydrogen) atoms. The second kappa shape index (κ2) is 11.4. The first-order chi connectivity index (χ1) is 16.1. The van der Waals surface area contributed by atoms with Crippen LogP contribution in [0.4, 0.5) is 8.78 Å². The Kier molecular flexibility index (Phi) is 8.27. The molecule has 0 amide bonds. The quantitative estimate of drug-likeness (QED) is 0.316. The van der Waals surface area contributed by atoms with Gasteiger partial charge in [-0.25, -0.2) is 4.39 Å². The summed E-state index contributed by atoms with van der Waals surface area (Å²) in [4.78, 5) is 0. The fraction of sp³-hybridized carbons (Fsp3) is 0.586. The first kappa shape index (κ1) is 24.0. The van der Waals surface area contributed by atoms with E-state index in [2.05, 4.69) is 6.92 Å². The van der Waals surface area contributed by atoms with E-state index in [4.69, 9.17) is 9.47 Å². The van der Waals surface area contributed by atoms with Gasteiger partial charge in [-0.2, -0.15) is 4.39 Å². The molecule has 0 aliphatic heterocycles. The number of halogens is 2. The van der Waals surface area contributed by atoms with Crippen molar-refractivity contribution in [2.24, 2.45) is 23.7 Å². The van der Waals surface area contributed by atoms with Gasteiger partial charge in [-0.15, -0.1) is 0 Å². The Bertz CT molecular complexity index is 895. The lowest BCUT2D eigenvalue weighted by Gasteiger charge is -2.21. The van der Waals surface area contributed by atoms with Gasteiger partial charge in [-0.05, 0) is 85.6 Å². The summed E-state index contributed by atoms with van der Waals surface area (Å²) < 4.78 is 40.4. The lowest BCUT2D eigenvalue weighted by Crippen LogP contribution is -2.18. The Hall–Kier alpha value is -2.10. The average Bonchev–Trinajstić information content (AvgIpc) is 3.42. The van der Waals surface area contributed by atoms with Crippen molar-refractivity contribution in [3.05, 3.63) is 48.0 Å². The van der Waals surface area contributed by atoms with Crippen molar-refractivity contribution in [1.29, 1.82) is 0 Å². The van der Waals surface area contributed by atoms with Gasteiger partial charge in [-0.3, -0.25) is 0 Å². The number of hydrogen-bond donors (Lipinski definition) is 0. The Morgan fingerprint density at radius 3 is 2.21 bits per heavy atom. The molecule has 4 rings (SSSR count). The Labute approximate surface area is 197 Å². The zero-order valence-corrected chi connectivity index (χ0v) is 20.1. The highest BCUT2D eigenvalue weighted by Gasteiger charge is 2.44. The Balaban J connectivity index is 1.32. The second-order valence-corrected chi connectivity index (χ2v) is 9.92. The number of fused-ring (bicyclic) bond motifs is 1. The van der Waals surface area contributed by atoms with Crippen molar-refractivity contribution in [2.45, 2.75) is 71.6 Å². The molecule has 2 aliphatic rings. The largest absolute Gasteiger partial charge is 0.493 e. The normalized spacial score (nSPS) is 24.1. The third kappa shape index (κ3) is 5.53. The molecule has 0 N–H and O–H groups in total. The molecule has 2 aromatic rings. The molecular formula is C29H38F2O2. The Morgan fingerprint density at radius 1 is 0.758 bits per heavy atom. The molecule has 2 aliphatic carbocycles. The van der Waals surface area contributed by atoms with E-state index in [9.17, 15) is 8.78 Å². The maximum Gasteiger partial charge on any atom is 0.201 e.